The molecule has 8 heteroatoms. The van der Waals surface area contributed by atoms with Gasteiger partial charge in [0.15, 0.2) is 0 Å². The summed E-state index contributed by atoms with van der Waals surface area (Å²) in [5, 5.41) is 4.01. The second-order valence-electron chi connectivity index (χ2n) is 8.36. The van der Waals surface area contributed by atoms with E-state index in [0.717, 1.165) is 58.5 Å². The summed E-state index contributed by atoms with van der Waals surface area (Å²) in [5.41, 5.74) is 5.93. The predicted octanol–water partition coefficient (Wildman–Crippen LogP) is 6.52. The smallest absolute Gasteiger partial charge is 0.269 e. The number of amides is 1. The van der Waals surface area contributed by atoms with Crippen molar-refractivity contribution >= 4 is 51.9 Å². The molecule has 5 nitrogen and oxygen atoms in total. The fourth-order valence-corrected chi connectivity index (χ4v) is 4.57. The molecule has 2 aromatic carbocycles. The number of rotatable bonds is 4. The van der Waals surface area contributed by atoms with E-state index >= 15 is 0 Å². The van der Waals surface area contributed by atoms with Crippen LogP contribution in [0.15, 0.2) is 79.1 Å². The highest BCUT2D eigenvalue weighted by molar-refractivity contribution is 8.93. The van der Waals surface area contributed by atoms with Crippen molar-refractivity contribution in [3.8, 4) is 0 Å². The average Bonchev–Trinajstić information content (AvgIpc) is 3.04. The Kier molecular flexibility index (Phi) is 10.4. The normalized spacial score (nSPS) is 11.6. The topological polar surface area (TPSA) is 72.0 Å². The molecule has 0 bridgehead atoms. The van der Waals surface area contributed by atoms with Crippen molar-refractivity contribution in [2.75, 3.05) is 7.05 Å². The Morgan fingerprint density at radius 2 is 1.59 bits per heavy atom. The van der Waals surface area contributed by atoms with Gasteiger partial charge in [-0.1, -0.05) is 47.5 Å². The molecular weight excluding hydrogens is 573 g/mol. The Hall–Kier alpha value is -3.06. The molecule has 1 N–H and O–H groups in total. The van der Waals surface area contributed by atoms with Gasteiger partial charge >= 0.3 is 0 Å². The van der Waals surface area contributed by atoms with Crippen molar-refractivity contribution < 1.29 is 9.59 Å². The highest BCUT2D eigenvalue weighted by Crippen LogP contribution is 2.25. The van der Waals surface area contributed by atoms with Crippen molar-refractivity contribution in [2.24, 2.45) is 0 Å². The van der Waals surface area contributed by atoms with Gasteiger partial charge in [-0.15, -0.1) is 17.0 Å². The van der Waals surface area contributed by atoms with Gasteiger partial charge in [0.05, 0.1) is 0 Å². The summed E-state index contributed by atoms with van der Waals surface area (Å²) >= 11 is 11.9. The molecule has 190 valence electrons. The number of aryl methyl sites for hydroxylation is 4. The second-order valence-corrected chi connectivity index (χ2v) is 9.23. The Bertz CT molecular complexity index is 1410. The first kappa shape index (κ1) is 28.5. The van der Waals surface area contributed by atoms with Gasteiger partial charge in [-0.2, -0.15) is 0 Å². The highest BCUT2D eigenvalue weighted by Gasteiger charge is 2.21. The van der Waals surface area contributed by atoms with E-state index in [-0.39, 0.29) is 28.7 Å². The van der Waals surface area contributed by atoms with Gasteiger partial charge in [-0.3, -0.25) is 19.6 Å². The van der Waals surface area contributed by atoms with Gasteiger partial charge in [0, 0.05) is 35.1 Å². The second kappa shape index (κ2) is 13.5. The van der Waals surface area contributed by atoms with E-state index in [1.165, 1.54) is 0 Å². The molecule has 4 aromatic rings. The number of nitrogens with one attached hydrogen (secondary N) is 1. The zero-order chi connectivity index (χ0) is 25.5. The summed E-state index contributed by atoms with van der Waals surface area (Å²) in [6.45, 7) is 0. The number of pyridine rings is 2. The maximum absolute atomic E-state index is 12.3. The fourth-order valence-electron chi connectivity index (χ4n) is 4.17. The Balaban J connectivity index is 0.000000201. The van der Waals surface area contributed by atoms with Crippen LogP contribution in [-0.4, -0.2) is 28.7 Å². The largest absolute Gasteiger partial charge is 0.354 e. The number of halogens is 3. The Morgan fingerprint density at radius 3 is 2.38 bits per heavy atom. The van der Waals surface area contributed by atoms with Gasteiger partial charge in [-0.05, 0) is 90.4 Å². The lowest BCUT2D eigenvalue weighted by Crippen LogP contribution is -2.21. The fraction of sp³-hybridized carbons (Fsp3) is 0.172. The lowest BCUT2D eigenvalue weighted by atomic mass is 10.0. The lowest BCUT2D eigenvalue weighted by Gasteiger charge is -2.07. The number of aromatic nitrogens is 2. The molecule has 1 amide bonds. The molecule has 0 spiro atoms. The first-order valence-electron chi connectivity index (χ1n) is 11.6. The molecule has 0 saturated heterocycles. The number of carbonyl (C=O) groups is 2. The van der Waals surface area contributed by atoms with E-state index in [1.54, 1.807) is 31.6 Å². The predicted molar refractivity (Wildman–Crippen MR) is 153 cm³/mol. The monoisotopic (exact) mass is 597 g/mol. The zero-order valence-corrected chi connectivity index (χ0v) is 23.4. The molecule has 5 rings (SSSR count). The van der Waals surface area contributed by atoms with Crippen LogP contribution in [0.3, 0.4) is 0 Å². The number of hydrogen-bond donors (Lipinski definition) is 1. The van der Waals surface area contributed by atoms with Crippen LogP contribution in [0.5, 0.6) is 0 Å². The van der Waals surface area contributed by atoms with Crippen LogP contribution in [0.2, 0.25) is 10.0 Å². The van der Waals surface area contributed by atoms with Crippen LogP contribution in [0.4, 0.5) is 0 Å². The van der Waals surface area contributed by atoms with Gasteiger partial charge in [0.1, 0.15) is 11.4 Å². The summed E-state index contributed by atoms with van der Waals surface area (Å²) in [4.78, 5) is 32.4. The first-order chi connectivity index (χ1) is 17.5. The molecule has 0 atom stereocenters. The first-order valence-corrected chi connectivity index (χ1v) is 12.4. The van der Waals surface area contributed by atoms with Crippen LogP contribution < -0.4 is 5.32 Å². The lowest BCUT2D eigenvalue weighted by molar-refractivity contribution is 0.0956. The van der Waals surface area contributed by atoms with Gasteiger partial charge in [0.2, 0.25) is 5.78 Å². The van der Waals surface area contributed by atoms with Gasteiger partial charge in [-0.25, -0.2) is 0 Å². The van der Waals surface area contributed by atoms with Crippen LogP contribution in [0.1, 0.15) is 48.8 Å². The summed E-state index contributed by atoms with van der Waals surface area (Å²) in [5.74, 6) is -0.147. The third-order valence-corrected chi connectivity index (χ3v) is 6.46. The van der Waals surface area contributed by atoms with Crippen LogP contribution in [0.25, 0.3) is 0 Å². The molecule has 0 unspecified atom stereocenters. The number of nitrogens with zero attached hydrogens (tertiary/aromatic N) is 2. The maximum Gasteiger partial charge on any atom is 0.269 e. The SMILES string of the molecule is Br.CNC(=O)c1ncccc1CCc1cccc(Cl)c1.O=C1c2ccc(Cl)cc2CCc2cccnc21. The van der Waals surface area contributed by atoms with Crippen molar-refractivity contribution in [1.29, 1.82) is 0 Å². The number of fused-ring (bicyclic) bond motifs is 2. The molecule has 1 aliphatic rings. The third kappa shape index (κ3) is 7.25. The molecular formula is C29H26BrCl2N3O2. The Morgan fingerprint density at radius 1 is 0.865 bits per heavy atom. The van der Waals surface area contributed by atoms with E-state index in [1.807, 2.05) is 54.6 Å². The minimum absolute atomic E-state index is 0. The summed E-state index contributed by atoms with van der Waals surface area (Å²) < 4.78 is 0. The van der Waals surface area contributed by atoms with E-state index in [4.69, 9.17) is 23.2 Å². The molecule has 2 heterocycles. The number of hydrogen-bond acceptors (Lipinski definition) is 4. The summed E-state index contributed by atoms with van der Waals surface area (Å²) in [7, 11) is 1.61. The van der Waals surface area contributed by atoms with Crippen molar-refractivity contribution in [1.82, 2.24) is 15.3 Å². The zero-order valence-electron chi connectivity index (χ0n) is 20.2. The maximum atomic E-state index is 12.3. The van der Waals surface area contributed by atoms with Crippen LogP contribution >= 0.6 is 40.2 Å². The van der Waals surface area contributed by atoms with Gasteiger partial charge in [0.25, 0.3) is 5.91 Å². The minimum atomic E-state index is -0.151. The minimum Gasteiger partial charge on any atom is -0.354 e. The molecule has 37 heavy (non-hydrogen) atoms. The average molecular weight is 599 g/mol. The standard InChI is InChI=1S/C15H15ClN2O.C14H10ClNO.BrH/c1-17-15(19)14-12(5-3-9-18-14)8-7-11-4-2-6-13(16)10-11;15-11-5-6-12-10(8-11)4-3-9-2-1-7-16-13(9)14(12)17;/h2-6,9-10H,7-8H2,1H3,(H,17,19);1-2,5-8H,3-4H2;1H. The number of benzene rings is 2. The third-order valence-electron chi connectivity index (χ3n) is 5.99. The molecule has 2 aromatic heterocycles. The quantitative estimate of drug-likeness (QED) is 0.290. The Labute approximate surface area is 237 Å². The van der Waals surface area contributed by atoms with Crippen molar-refractivity contribution in [3.05, 3.63) is 128 Å². The molecule has 1 aliphatic carbocycles. The number of ketones is 1. The molecule has 0 aliphatic heterocycles. The van der Waals surface area contributed by atoms with E-state index in [2.05, 4.69) is 15.3 Å². The van der Waals surface area contributed by atoms with E-state index in [9.17, 15) is 9.59 Å². The molecule has 0 fully saturated rings. The van der Waals surface area contributed by atoms with E-state index < -0.39 is 0 Å². The highest BCUT2D eigenvalue weighted by atomic mass is 79.9. The molecule has 0 saturated carbocycles. The van der Waals surface area contributed by atoms with Crippen molar-refractivity contribution in [2.45, 2.75) is 25.7 Å². The van der Waals surface area contributed by atoms with Crippen molar-refractivity contribution in [3.63, 3.8) is 0 Å². The van der Waals surface area contributed by atoms with Gasteiger partial charge < -0.3 is 5.32 Å². The summed E-state index contributed by atoms with van der Waals surface area (Å²) in [6, 6.07) is 20.8. The molecule has 0 radical (unpaired) electrons. The summed E-state index contributed by atoms with van der Waals surface area (Å²) in [6.07, 6.45) is 6.56. The van der Waals surface area contributed by atoms with Crippen LogP contribution in [-0.2, 0) is 25.7 Å². The number of carbonyl (C=O) groups excluding carboxylic acids is 2. The van der Waals surface area contributed by atoms with E-state index in [0.29, 0.717) is 16.4 Å². The van der Waals surface area contributed by atoms with Crippen LogP contribution in [0, 0.1) is 0 Å².